The molecule has 20 heavy (non-hydrogen) atoms. The van der Waals surface area contributed by atoms with E-state index in [1.807, 2.05) is 6.92 Å². The minimum absolute atomic E-state index is 0.0641. The van der Waals surface area contributed by atoms with E-state index in [1.165, 1.54) is 12.3 Å². The maximum absolute atomic E-state index is 12.3. The number of halogens is 1. The van der Waals surface area contributed by atoms with Gasteiger partial charge in [-0.05, 0) is 34.6 Å². The van der Waals surface area contributed by atoms with Gasteiger partial charge in [-0.2, -0.15) is 0 Å². The number of anilines is 1. The van der Waals surface area contributed by atoms with Crippen molar-refractivity contribution in [3.8, 4) is 0 Å². The summed E-state index contributed by atoms with van der Waals surface area (Å²) in [4.78, 5) is 3.92. The van der Waals surface area contributed by atoms with Crippen LogP contribution in [0, 0.1) is 0 Å². The van der Waals surface area contributed by atoms with Gasteiger partial charge in [-0.1, -0.05) is 6.92 Å². The Hall–Kier alpha value is -1.38. The molecular formula is C12H14BrN3O3S. The molecule has 8 heteroatoms. The lowest BCUT2D eigenvalue weighted by molar-refractivity contribution is 0.464. The van der Waals surface area contributed by atoms with E-state index >= 15 is 0 Å². The summed E-state index contributed by atoms with van der Waals surface area (Å²) < 4.78 is 32.5. The second kappa shape index (κ2) is 6.38. The molecule has 0 saturated carbocycles. The maximum Gasteiger partial charge on any atom is 0.266 e. The third-order valence-corrected chi connectivity index (χ3v) is 4.70. The molecule has 0 aliphatic rings. The van der Waals surface area contributed by atoms with Crippen LogP contribution in [0.25, 0.3) is 0 Å². The van der Waals surface area contributed by atoms with Gasteiger partial charge in [0.15, 0.2) is 4.67 Å². The van der Waals surface area contributed by atoms with Crippen molar-refractivity contribution in [1.29, 1.82) is 0 Å². The number of nitrogens with one attached hydrogen (secondary N) is 2. The van der Waals surface area contributed by atoms with Crippen LogP contribution >= 0.6 is 15.9 Å². The summed E-state index contributed by atoms with van der Waals surface area (Å²) in [6.45, 7) is 3.20. The predicted octanol–water partition coefficient (Wildman–Crippen LogP) is 2.35. The maximum atomic E-state index is 12.3. The summed E-state index contributed by atoms with van der Waals surface area (Å²) in [6, 6.07) is 4.77. The van der Waals surface area contributed by atoms with E-state index in [2.05, 4.69) is 31.0 Å². The summed E-state index contributed by atoms with van der Waals surface area (Å²) in [5.41, 5.74) is 0.397. The molecule has 2 aromatic heterocycles. The monoisotopic (exact) mass is 359 g/mol. The van der Waals surface area contributed by atoms with Gasteiger partial charge in [0.25, 0.3) is 10.0 Å². The Morgan fingerprint density at radius 2 is 2.25 bits per heavy atom. The van der Waals surface area contributed by atoms with Gasteiger partial charge in [0, 0.05) is 12.3 Å². The zero-order chi connectivity index (χ0) is 14.6. The first kappa shape index (κ1) is 15.0. The topological polar surface area (TPSA) is 84.2 Å². The molecule has 0 radical (unpaired) electrons. The molecule has 0 unspecified atom stereocenters. The standard InChI is InChI=1S/C12H14BrN3O3S/c1-2-14-8-10-6-11(12(13)19-10)20(17,18)16-9-4-3-5-15-7-9/h3-7,14,16H,2,8H2,1H3. The fraction of sp³-hybridized carbons (Fsp3) is 0.250. The van der Waals surface area contributed by atoms with E-state index in [9.17, 15) is 8.42 Å². The largest absolute Gasteiger partial charge is 0.451 e. The van der Waals surface area contributed by atoms with Crippen molar-refractivity contribution in [2.24, 2.45) is 0 Å². The molecule has 2 rings (SSSR count). The van der Waals surface area contributed by atoms with Crippen LogP contribution in [0.5, 0.6) is 0 Å². The highest BCUT2D eigenvalue weighted by Gasteiger charge is 2.22. The van der Waals surface area contributed by atoms with Crippen LogP contribution in [0.3, 0.4) is 0 Å². The molecule has 2 heterocycles. The van der Waals surface area contributed by atoms with Crippen molar-refractivity contribution in [3.63, 3.8) is 0 Å². The van der Waals surface area contributed by atoms with Gasteiger partial charge in [0.05, 0.1) is 18.4 Å². The molecule has 0 fully saturated rings. The summed E-state index contributed by atoms with van der Waals surface area (Å²) >= 11 is 3.13. The highest BCUT2D eigenvalue weighted by molar-refractivity contribution is 9.10. The Kier molecular flexibility index (Phi) is 4.79. The molecule has 0 aromatic carbocycles. The number of aromatic nitrogens is 1. The lowest BCUT2D eigenvalue weighted by Crippen LogP contribution is -2.13. The molecular weight excluding hydrogens is 346 g/mol. The Balaban J connectivity index is 2.23. The minimum Gasteiger partial charge on any atom is -0.451 e. The molecule has 0 saturated heterocycles. The lowest BCUT2D eigenvalue weighted by atomic mass is 10.4. The SMILES string of the molecule is CCNCc1cc(S(=O)(=O)Nc2cccnc2)c(Br)o1. The third kappa shape index (κ3) is 3.59. The van der Waals surface area contributed by atoms with E-state index in [0.717, 1.165) is 6.54 Å². The number of hydrogen-bond donors (Lipinski definition) is 2. The molecule has 0 amide bonds. The fourth-order valence-electron chi connectivity index (χ4n) is 1.55. The third-order valence-electron chi connectivity index (χ3n) is 2.46. The average molecular weight is 360 g/mol. The Bertz CT molecular complexity index is 671. The quantitative estimate of drug-likeness (QED) is 0.826. The Morgan fingerprint density at radius 3 is 2.90 bits per heavy atom. The number of rotatable bonds is 6. The van der Waals surface area contributed by atoms with Gasteiger partial charge >= 0.3 is 0 Å². The zero-order valence-electron chi connectivity index (χ0n) is 10.8. The van der Waals surface area contributed by atoms with Crippen molar-refractivity contribution >= 4 is 31.6 Å². The Morgan fingerprint density at radius 1 is 1.45 bits per heavy atom. The first-order chi connectivity index (χ1) is 9.53. The second-order valence-corrected chi connectivity index (χ2v) is 6.35. The predicted molar refractivity (Wildman–Crippen MR) is 78.8 cm³/mol. The number of furan rings is 1. The molecule has 0 atom stereocenters. The Labute approximate surface area is 125 Å². The van der Waals surface area contributed by atoms with Crippen molar-refractivity contribution < 1.29 is 12.8 Å². The van der Waals surface area contributed by atoms with Gasteiger partial charge in [-0.25, -0.2) is 8.42 Å². The van der Waals surface area contributed by atoms with E-state index in [0.29, 0.717) is 18.0 Å². The van der Waals surface area contributed by atoms with E-state index in [1.54, 1.807) is 18.3 Å². The number of pyridine rings is 1. The average Bonchev–Trinajstić information content (AvgIpc) is 2.79. The van der Waals surface area contributed by atoms with Crippen molar-refractivity contribution in [3.05, 3.63) is 41.0 Å². The van der Waals surface area contributed by atoms with Gasteiger partial charge in [-0.15, -0.1) is 0 Å². The smallest absolute Gasteiger partial charge is 0.266 e. The van der Waals surface area contributed by atoms with Gasteiger partial charge in [0.2, 0.25) is 0 Å². The van der Waals surface area contributed by atoms with Gasteiger partial charge < -0.3 is 9.73 Å². The molecule has 2 N–H and O–H groups in total. The molecule has 6 nitrogen and oxygen atoms in total. The van der Waals surface area contributed by atoms with Crippen LogP contribution in [0.4, 0.5) is 5.69 Å². The van der Waals surface area contributed by atoms with Gasteiger partial charge in [0.1, 0.15) is 10.7 Å². The summed E-state index contributed by atoms with van der Waals surface area (Å²) in [6.07, 6.45) is 3.01. The van der Waals surface area contributed by atoms with E-state index in [-0.39, 0.29) is 9.56 Å². The number of nitrogens with zero attached hydrogens (tertiary/aromatic N) is 1. The zero-order valence-corrected chi connectivity index (χ0v) is 13.2. The van der Waals surface area contributed by atoms with Crippen LogP contribution in [-0.4, -0.2) is 19.9 Å². The highest BCUT2D eigenvalue weighted by atomic mass is 79.9. The van der Waals surface area contributed by atoms with Crippen molar-refractivity contribution in [2.75, 3.05) is 11.3 Å². The lowest BCUT2D eigenvalue weighted by Gasteiger charge is -2.05. The highest BCUT2D eigenvalue weighted by Crippen LogP contribution is 2.27. The van der Waals surface area contributed by atoms with Crippen molar-refractivity contribution in [1.82, 2.24) is 10.3 Å². The minimum atomic E-state index is -3.71. The van der Waals surface area contributed by atoms with Crippen LogP contribution in [0.1, 0.15) is 12.7 Å². The molecule has 0 bridgehead atoms. The van der Waals surface area contributed by atoms with E-state index in [4.69, 9.17) is 4.42 Å². The first-order valence-corrected chi connectivity index (χ1v) is 8.22. The molecule has 108 valence electrons. The number of sulfonamides is 1. The van der Waals surface area contributed by atoms with Crippen LogP contribution in [-0.2, 0) is 16.6 Å². The molecule has 0 aliphatic heterocycles. The van der Waals surface area contributed by atoms with Crippen LogP contribution in [0.2, 0.25) is 0 Å². The van der Waals surface area contributed by atoms with Crippen molar-refractivity contribution in [2.45, 2.75) is 18.4 Å². The summed E-state index contributed by atoms with van der Waals surface area (Å²) in [5, 5.41) is 3.07. The van der Waals surface area contributed by atoms with Gasteiger partial charge in [-0.3, -0.25) is 9.71 Å². The van der Waals surface area contributed by atoms with E-state index < -0.39 is 10.0 Å². The second-order valence-electron chi connectivity index (χ2n) is 3.98. The molecule has 0 spiro atoms. The fourth-order valence-corrected chi connectivity index (χ4v) is 3.59. The number of hydrogen-bond acceptors (Lipinski definition) is 5. The van der Waals surface area contributed by atoms with Crippen LogP contribution < -0.4 is 10.0 Å². The molecule has 2 aromatic rings. The summed E-state index contributed by atoms with van der Waals surface area (Å²) in [7, 11) is -3.71. The molecule has 0 aliphatic carbocycles. The summed E-state index contributed by atoms with van der Waals surface area (Å²) in [5.74, 6) is 0.547. The van der Waals surface area contributed by atoms with Crippen LogP contribution in [0.15, 0.2) is 44.6 Å². The normalized spacial score (nSPS) is 11.5. The first-order valence-electron chi connectivity index (χ1n) is 5.94.